The Labute approximate surface area is 222 Å². The van der Waals surface area contributed by atoms with Crippen molar-refractivity contribution in [3.05, 3.63) is 74.3 Å². The first-order chi connectivity index (χ1) is 17.7. The van der Waals surface area contributed by atoms with Crippen molar-refractivity contribution < 1.29 is 24.3 Å². The molecule has 1 aromatic carbocycles. The summed E-state index contributed by atoms with van der Waals surface area (Å²) in [4.78, 5) is 51.6. The standard InChI is InChI=1S/C27H25N3O5S2/c1-15-12-17(13-21-25(34)29(14-22(31)32)27(35)37-21)16(2)30(15)26-23(19-10-6-7-11-20(19)36-26)24(33)28-18-8-4-3-5-9-18/h3-5,8-9,12-13H,6-7,10-11,14H2,1-2H3,(H,28,33)(H,31,32)/b21-13+. The number of rotatable bonds is 6. The van der Waals surface area contributed by atoms with Gasteiger partial charge >= 0.3 is 5.97 Å². The zero-order valence-electron chi connectivity index (χ0n) is 20.4. The zero-order chi connectivity index (χ0) is 26.3. The van der Waals surface area contributed by atoms with Gasteiger partial charge in [-0.15, -0.1) is 11.3 Å². The number of carbonyl (C=O) groups excluding carboxylic acids is 3. The number of imide groups is 1. The monoisotopic (exact) mass is 535 g/mol. The molecule has 1 aliphatic carbocycles. The number of para-hydroxylation sites is 1. The van der Waals surface area contributed by atoms with Crippen LogP contribution in [0.25, 0.3) is 11.1 Å². The molecule has 0 radical (unpaired) electrons. The highest BCUT2D eigenvalue weighted by atomic mass is 32.2. The van der Waals surface area contributed by atoms with E-state index in [2.05, 4.69) is 5.32 Å². The molecule has 1 fully saturated rings. The van der Waals surface area contributed by atoms with Gasteiger partial charge in [0, 0.05) is 22.0 Å². The van der Waals surface area contributed by atoms with Crippen molar-refractivity contribution >= 4 is 57.9 Å². The molecular formula is C27H25N3O5S2. The average molecular weight is 536 g/mol. The van der Waals surface area contributed by atoms with Gasteiger partial charge in [-0.25, -0.2) is 0 Å². The molecule has 2 aromatic heterocycles. The fourth-order valence-electron chi connectivity index (χ4n) is 4.82. The molecule has 3 heterocycles. The van der Waals surface area contributed by atoms with Crippen molar-refractivity contribution in [2.24, 2.45) is 0 Å². The molecule has 3 aromatic rings. The molecule has 2 aliphatic rings. The van der Waals surface area contributed by atoms with Gasteiger partial charge in [0.1, 0.15) is 11.5 Å². The summed E-state index contributed by atoms with van der Waals surface area (Å²) in [6.45, 7) is 3.19. The predicted octanol–water partition coefficient (Wildman–Crippen LogP) is 5.41. The Morgan fingerprint density at radius 3 is 2.57 bits per heavy atom. The topological polar surface area (TPSA) is 109 Å². The van der Waals surface area contributed by atoms with Crippen LogP contribution in [0.5, 0.6) is 0 Å². The number of amides is 3. The number of aliphatic carboxylic acids is 1. The van der Waals surface area contributed by atoms with Crippen LogP contribution < -0.4 is 5.32 Å². The molecule has 8 nitrogen and oxygen atoms in total. The number of carboxylic acid groups (broad SMARTS) is 1. The number of nitrogens with zero attached hydrogens (tertiary/aromatic N) is 2. The molecule has 0 saturated carbocycles. The smallest absolute Gasteiger partial charge is 0.323 e. The van der Waals surface area contributed by atoms with E-state index in [9.17, 15) is 19.2 Å². The first kappa shape index (κ1) is 25.0. The number of thioether (sulfide) groups is 1. The van der Waals surface area contributed by atoms with Crippen molar-refractivity contribution in [1.82, 2.24) is 9.47 Å². The Morgan fingerprint density at radius 2 is 1.84 bits per heavy atom. The zero-order valence-corrected chi connectivity index (χ0v) is 22.0. The van der Waals surface area contributed by atoms with Gasteiger partial charge in [-0.3, -0.25) is 24.1 Å². The number of hydrogen-bond acceptors (Lipinski definition) is 6. The molecule has 2 N–H and O–H groups in total. The third-order valence-electron chi connectivity index (χ3n) is 6.54. The van der Waals surface area contributed by atoms with E-state index in [0.29, 0.717) is 5.56 Å². The number of hydrogen-bond donors (Lipinski definition) is 2. The first-order valence-corrected chi connectivity index (χ1v) is 13.5. The van der Waals surface area contributed by atoms with E-state index < -0.39 is 23.7 Å². The van der Waals surface area contributed by atoms with E-state index in [1.165, 1.54) is 4.88 Å². The molecule has 0 bridgehead atoms. The molecule has 5 rings (SSSR count). The van der Waals surface area contributed by atoms with E-state index in [4.69, 9.17) is 5.11 Å². The molecule has 1 aliphatic heterocycles. The molecule has 10 heteroatoms. The predicted molar refractivity (Wildman–Crippen MR) is 144 cm³/mol. The van der Waals surface area contributed by atoms with Crippen LogP contribution in [0.15, 0.2) is 41.3 Å². The maximum absolute atomic E-state index is 13.6. The second-order valence-corrected chi connectivity index (χ2v) is 11.1. The number of nitrogens with one attached hydrogen (secondary N) is 1. The van der Waals surface area contributed by atoms with Gasteiger partial charge in [0.25, 0.3) is 17.1 Å². The molecule has 190 valence electrons. The van der Waals surface area contributed by atoms with Gasteiger partial charge in [0.05, 0.1) is 10.5 Å². The van der Waals surface area contributed by atoms with Crippen molar-refractivity contribution in [2.45, 2.75) is 39.5 Å². The van der Waals surface area contributed by atoms with Gasteiger partial charge < -0.3 is 15.0 Å². The molecule has 37 heavy (non-hydrogen) atoms. The Morgan fingerprint density at radius 1 is 1.11 bits per heavy atom. The third-order valence-corrected chi connectivity index (χ3v) is 8.72. The van der Waals surface area contributed by atoms with Gasteiger partial charge in [-0.2, -0.15) is 0 Å². The molecule has 3 amide bonds. The van der Waals surface area contributed by atoms with Crippen molar-refractivity contribution in [3.8, 4) is 5.00 Å². The summed E-state index contributed by atoms with van der Waals surface area (Å²) in [6, 6.07) is 11.3. The van der Waals surface area contributed by atoms with Gasteiger partial charge in [-0.05, 0) is 86.7 Å². The SMILES string of the molecule is Cc1cc(/C=C2/SC(=O)N(CC(=O)O)C2=O)c(C)n1-c1sc2c(c1C(=O)Nc1ccccc1)CCCC2. The van der Waals surface area contributed by atoms with E-state index in [1.807, 2.05) is 54.8 Å². The Balaban J connectivity index is 1.55. The van der Waals surface area contributed by atoms with Gasteiger partial charge in [-0.1, -0.05) is 18.2 Å². The lowest BCUT2D eigenvalue weighted by Crippen LogP contribution is -2.33. The minimum atomic E-state index is -1.25. The van der Waals surface area contributed by atoms with Gasteiger partial charge in [0.15, 0.2) is 0 Å². The highest BCUT2D eigenvalue weighted by molar-refractivity contribution is 8.18. The number of thiophene rings is 1. The van der Waals surface area contributed by atoms with Crippen molar-refractivity contribution in [1.29, 1.82) is 0 Å². The second-order valence-electron chi connectivity index (χ2n) is 9.03. The lowest BCUT2D eigenvalue weighted by molar-refractivity contribution is -0.140. The Hall–Kier alpha value is -3.63. The van der Waals surface area contributed by atoms with Crippen LogP contribution in [0.4, 0.5) is 10.5 Å². The number of aromatic nitrogens is 1. The highest BCUT2D eigenvalue weighted by Gasteiger charge is 2.36. The molecule has 1 saturated heterocycles. The lowest BCUT2D eigenvalue weighted by Gasteiger charge is -2.14. The number of aryl methyl sites for hydroxylation is 2. The van der Waals surface area contributed by atoms with Crippen LogP contribution in [-0.4, -0.2) is 44.1 Å². The summed E-state index contributed by atoms with van der Waals surface area (Å²) in [5, 5.41) is 12.3. The molecule has 0 atom stereocenters. The van der Waals surface area contributed by atoms with E-state index in [-0.39, 0.29) is 10.8 Å². The molecule has 0 spiro atoms. The Kier molecular flexibility index (Phi) is 6.78. The normalized spacial score (nSPS) is 16.4. The highest BCUT2D eigenvalue weighted by Crippen LogP contribution is 2.40. The summed E-state index contributed by atoms with van der Waals surface area (Å²) in [7, 11) is 0. The molecular weight excluding hydrogens is 510 g/mol. The second kappa shape index (κ2) is 10.0. The van der Waals surface area contributed by atoms with Gasteiger partial charge in [0.2, 0.25) is 0 Å². The van der Waals surface area contributed by atoms with E-state index in [0.717, 1.165) is 75.5 Å². The van der Waals surface area contributed by atoms with Crippen LogP contribution in [-0.2, 0) is 22.4 Å². The summed E-state index contributed by atoms with van der Waals surface area (Å²) in [5.41, 5.74) is 4.96. The number of benzene rings is 1. The van der Waals surface area contributed by atoms with E-state index >= 15 is 0 Å². The van der Waals surface area contributed by atoms with Crippen LogP contribution in [0.3, 0.4) is 0 Å². The summed E-state index contributed by atoms with van der Waals surface area (Å²) in [5.74, 6) is -2.01. The summed E-state index contributed by atoms with van der Waals surface area (Å²) in [6.07, 6.45) is 5.55. The summed E-state index contributed by atoms with van der Waals surface area (Å²) >= 11 is 2.36. The van der Waals surface area contributed by atoms with Crippen LogP contribution in [0.1, 0.15) is 50.6 Å². The van der Waals surface area contributed by atoms with Crippen LogP contribution in [0.2, 0.25) is 0 Å². The molecule has 0 unspecified atom stereocenters. The lowest BCUT2D eigenvalue weighted by atomic mass is 9.95. The fourth-order valence-corrected chi connectivity index (χ4v) is 7.14. The maximum Gasteiger partial charge on any atom is 0.323 e. The van der Waals surface area contributed by atoms with Crippen LogP contribution in [0, 0.1) is 13.8 Å². The number of fused-ring (bicyclic) bond motifs is 1. The van der Waals surface area contributed by atoms with Crippen molar-refractivity contribution in [3.63, 3.8) is 0 Å². The minimum absolute atomic E-state index is 0.149. The van der Waals surface area contributed by atoms with E-state index in [1.54, 1.807) is 17.4 Å². The third kappa shape index (κ3) is 4.74. The van der Waals surface area contributed by atoms with Crippen LogP contribution >= 0.6 is 23.1 Å². The largest absolute Gasteiger partial charge is 0.480 e. The number of carbonyl (C=O) groups is 4. The number of anilines is 1. The fraction of sp³-hybridized carbons (Fsp3) is 0.259. The first-order valence-electron chi connectivity index (χ1n) is 11.9. The minimum Gasteiger partial charge on any atom is -0.480 e. The average Bonchev–Trinajstić information content (AvgIpc) is 3.46. The quantitative estimate of drug-likeness (QED) is 0.409. The maximum atomic E-state index is 13.6. The Bertz CT molecular complexity index is 1470. The van der Waals surface area contributed by atoms with Crippen molar-refractivity contribution in [2.75, 3.05) is 11.9 Å². The number of carboxylic acids is 1. The summed E-state index contributed by atoms with van der Waals surface area (Å²) < 4.78 is 2.04.